The lowest BCUT2D eigenvalue weighted by Gasteiger charge is -2.16. The number of rotatable bonds is 2. The maximum absolute atomic E-state index is 12.6. The van der Waals surface area contributed by atoms with Gasteiger partial charge in [-0.15, -0.1) is 0 Å². The van der Waals surface area contributed by atoms with E-state index in [9.17, 15) is 14.9 Å². The number of hydrogen-bond acceptors (Lipinski definition) is 4. The van der Waals surface area contributed by atoms with Gasteiger partial charge in [-0.3, -0.25) is 10.1 Å². The molecule has 2 aliphatic rings. The molecule has 2 rings (SSSR count). The van der Waals surface area contributed by atoms with Crippen molar-refractivity contribution in [1.82, 2.24) is 0 Å². The fourth-order valence-corrected chi connectivity index (χ4v) is 2.65. The number of carbonyl (C=O) groups excluding carboxylic acids is 1. The number of nitro groups is 1. The second-order valence-electron chi connectivity index (χ2n) is 5.06. The Balaban J connectivity index is 2.45. The van der Waals surface area contributed by atoms with Crippen LogP contribution in [0.4, 0.5) is 0 Å². The van der Waals surface area contributed by atoms with Gasteiger partial charge in [0.05, 0.1) is 10.7 Å². The number of allylic oxidation sites excluding steroid dienone is 4. The van der Waals surface area contributed by atoms with E-state index in [1.165, 1.54) is 10.7 Å². The standard InChI is InChI=1S/C15H15ClN3O3/c1-9-13(19(21)22)8-7-12(16)14(9)15(20)18(2)11-5-3-10(17)4-6-11/h3-7,13,17H,8H2,1-2H3/q+1. The maximum Gasteiger partial charge on any atom is 0.421 e. The molecule has 0 aliphatic heterocycles. The van der Waals surface area contributed by atoms with E-state index in [2.05, 4.69) is 0 Å². The highest BCUT2D eigenvalue weighted by atomic mass is 35.5. The summed E-state index contributed by atoms with van der Waals surface area (Å²) in [5.74, 6) is -0.400. The molecule has 0 radical (unpaired) electrons. The van der Waals surface area contributed by atoms with Crippen molar-refractivity contribution in [1.29, 1.82) is 5.41 Å². The number of hydrogen-bond donors (Lipinski definition) is 1. The van der Waals surface area contributed by atoms with Gasteiger partial charge in [0.25, 0.3) is 0 Å². The van der Waals surface area contributed by atoms with Crippen molar-refractivity contribution in [3.8, 4) is 0 Å². The molecule has 0 fully saturated rings. The largest absolute Gasteiger partial charge is 0.421 e. The van der Waals surface area contributed by atoms with Crippen molar-refractivity contribution in [2.24, 2.45) is 0 Å². The zero-order valence-corrected chi connectivity index (χ0v) is 12.9. The van der Waals surface area contributed by atoms with Gasteiger partial charge in [-0.1, -0.05) is 17.7 Å². The van der Waals surface area contributed by atoms with Gasteiger partial charge < -0.3 is 5.41 Å². The lowest BCUT2D eigenvalue weighted by molar-refractivity contribution is -0.511. The van der Waals surface area contributed by atoms with E-state index in [1.807, 2.05) is 0 Å². The van der Waals surface area contributed by atoms with Crippen LogP contribution in [0.25, 0.3) is 0 Å². The third kappa shape index (κ3) is 2.96. The fraction of sp³-hybridized carbons (Fsp3) is 0.267. The Bertz CT molecular complexity index is 708. The molecule has 1 N–H and O–H groups in total. The normalized spacial score (nSPS) is 21.0. The van der Waals surface area contributed by atoms with Crippen molar-refractivity contribution in [3.05, 3.63) is 56.7 Å². The summed E-state index contributed by atoms with van der Waals surface area (Å²) in [5.41, 5.74) is 1.47. The molecule has 0 aromatic rings. The first-order chi connectivity index (χ1) is 10.3. The predicted octanol–water partition coefficient (Wildman–Crippen LogP) is 2.23. The maximum atomic E-state index is 12.6. The summed E-state index contributed by atoms with van der Waals surface area (Å²) >= 11 is 6.10. The highest BCUT2D eigenvalue weighted by Gasteiger charge is 2.36. The van der Waals surface area contributed by atoms with E-state index in [4.69, 9.17) is 17.0 Å². The summed E-state index contributed by atoms with van der Waals surface area (Å²) in [6.07, 6.45) is 8.11. The van der Waals surface area contributed by atoms with Crippen LogP contribution in [0.15, 0.2) is 46.6 Å². The van der Waals surface area contributed by atoms with Crippen LogP contribution < -0.4 is 0 Å². The zero-order valence-electron chi connectivity index (χ0n) is 12.2. The first-order valence-corrected chi connectivity index (χ1v) is 7.00. The minimum absolute atomic E-state index is 0.173. The Labute approximate surface area is 132 Å². The van der Waals surface area contributed by atoms with Gasteiger partial charge >= 0.3 is 5.91 Å². The molecule has 0 aromatic heterocycles. The third-order valence-corrected chi connectivity index (χ3v) is 4.02. The number of likely N-dealkylation sites (N-methyl/N-ethyl adjacent to an activating group) is 1. The van der Waals surface area contributed by atoms with Crippen LogP contribution in [0.5, 0.6) is 0 Å². The minimum Gasteiger partial charge on any atom is -0.301 e. The van der Waals surface area contributed by atoms with E-state index < -0.39 is 16.9 Å². The summed E-state index contributed by atoms with van der Waals surface area (Å²) in [6, 6.07) is -0.925. The van der Waals surface area contributed by atoms with Gasteiger partial charge in [0.15, 0.2) is 0 Å². The molecule has 0 heterocycles. The molecule has 0 aromatic carbocycles. The number of nitrogens with zero attached hydrogens (tertiary/aromatic N) is 2. The Morgan fingerprint density at radius 3 is 2.50 bits per heavy atom. The molecular weight excluding hydrogens is 306 g/mol. The van der Waals surface area contributed by atoms with Gasteiger partial charge in [-0.05, 0) is 19.1 Å². The van der Waals surface area contributed by atoms with E-state index in [0.29, 0.717) is 17.0 Å². The number of carbonyl (C=O) groups is 1. The lowest BCUT2D eigenvalue weighted by atomic mass is 9.93. The molecule has 114 valence electrons. The molecule has 1 amide bonds. The van der Waals surface area contributed by atoms with E-state index in [0.717, 1.165) is 0 Å². The molecule has 0 spiro atoms. The molecule has 22 heavy (non-hydrogen) atoms. The SMILES string of the molecule is CC1=C(C(=O)[N+](C)=C2C=CC(=N)C=C2)C(Cl)=CCC1[N+](=O)[O-]. The van der Waals surface area contributed by atoms with Crippen molar-refractivity contribution in [2.45, 2.75) is 19.4 Å². The van der Waals surface area contributed by atoms with Gasteiger partial charge in [-0.2, -0.15) is 4.58 Å². The monoisotopic (exact) mass is 320 g/mol. The van der Waals surface area contributed by atoms with Crippen LogP contribution in [-0.4, -0.2) is 39.9 Å². The summed E-state index contributed by atoms with van der Waals surface area (Å²) in [6.45, 7) is 1.57. The van der Waals surface area contributed by atoms with Crippen molar-refractivity contribution >= 4 is 28.9 Å². The molecule has 0 saturated carbocycles. The van der Waals surface area contributed by atoms with Gasteiger partial charge in [0.2, 0.25) is 11.8 Å². The predicted molar refractivity (Wildman–Crippen MR) is 84.2 cm³/mol. The molecule has 1 atom stereocenters. The van der Waals surface area contributed by atoms with Gasteiger partial charge in [0.1, 0.15) is 12.6 Å². The average molecular weight is 321 g/mol. The molecule has 0 bridgehead atoms. The van der Waals surface area contributed by atoms with E-state index in [1.54, 1.807) is 38.3 Å². The van der Waals surface area contributed by atoms with Gasteiger partial charge in [-0.25, -0.2) is 4.79 Å². The van der Waals surface area contributed by atoms with Gasteiger partial charge in [0, 0.05) is 29.1 Å². The van der Waals surface area contributed by atoms with Crippen LogP contribution in [-0.2, 0) is 4.79 Å². The highest BCUT2D eigenvalue weighted by molar-refractivity contribution is 6.35. The summed E-state index contributed by atoms with van der Waals surface area (Å²) < 4.78 is 1.37. The van der Waals surface area contributed by atoms with E-state index >= 15 is 0 Å². The molecule has 2 aliphatic carbocycles. The average Bonchev–Trinajstić information content (AvgIpc) is 2.46. The Morgan fingerprint density at radius 1 is 1.36 bits per heavy atom. The second kappa shape index (κ2) is 6.19. The number of amides is 1. The summed E-state index contributed by atoms with van der Waals surface area (Å²) in [7, 11) is 1.57. The van der Waals surface area contributed by atoms with Crippen molar-refractivity contribution in [3.63, 3.8) is 0 Å². The summed E-state index contributed by atoms with van der Waals surface area (Å²) in [5, 5.41) is 18.8. The lowest BCUT2D eigenvalue weighted by Crippen LogP contribution is -2.31. The van der Waals surface area contributed by atoms with Crippen molar-refractivity contribution < 1.29 is 14.3 Å². The van der Waals surface area contributed by atoms with Crippen LogP contribution in [0.1, 0.15) is 13.3 Å². The number of halogens is 1. The third-order valence-electron chi connectivity index (χ3n) is 3.68. The Hall–Kier alpha value is -2.34. The smallest absolute Gasteiger partial charge is 0.301 e. The molecular formula is C15H15ClN3O3+. The molecule has 7 heteroatoms. The van der Waals surface area contributed by atoms with Crippen molar-refractivity contribution in [2.75, 3.05) is 7.05 Å². The molecule has 0 saturated heterocycles. The quantitative estimate of drug-likeness (QED) is 0.366. The molecule has 6 nitrogen and oxygen atoms in total. The summed E-state index contributed by atoms with van der Waals surface area (Å²) in [4.78, 5) is 23.3. The first-order valence-electron chi connectivity index (χ1n) is 6.63. The van der Waals surface area contributed by atoms with Crippen LogP contribution in [0.3, 0.4) is 0 Å². The topological polar surface area (TPSA) is 87.1 Å². The first kappa shape index (κ1) is 16.0. The number of nitrogens with one attached hydrogen (secondary N) is 1. The Morgan fingerprint density at radius 2 is 1.95 bits per heavy atom. The highest BCUT2D eigenvalue weighted by Crippen LogP contribution is 2.30. The zero-order chi connectivity index (χ0) is 16.4. The Kier molecular flexibility index (Phi) is 4.51. The molecule has 1 unspecified atom stereocenters. The minimum atomic E-state index is -0.925. The fourth-order valence-electron chi connectivity index (χ4n) is 2.33. The second-order valence-corrected chi connectivity index (χ2v) is 5.47. The van der Waals surface area contributed by atoms with E-state index in [-0.39, 0.29) is 17.0 Å². The van der Waals surface area contributed by atoms with Crippen LogP contribution >= 0.6 is 11.6 Å². The van der Waals surface area contributed by atoms with Crippen LogP contribution in [0, 0.1) is 15.5 Å². The van der Waals surface area contributed by atoms with Crippen LogP contribution in [0.2, 0.25) is 0 Å².